The first-order chi connectivity index (χ1) is 10.1. The highest BCUT2D eigenvalue weighted by Crippen LogP contribution is 2.24. The van der Waals surface area contributed by atoms with Crippen LogP contribution < -0.4 is 10.6 Å². The lowest BCUT2D eigenvalue weighted by Crippen LogP contribution is -2.35. The van der Waals surface area contributed by atoms with E-state index in [0.717, 1.165) is 35.4 Å². The van der Waals surface area contributed by atoms with E-state index in [4.69, 9.17) is 0 Å². The molecule has 116 valence electrons. The molecular weight excluding hydrogens is 348 g/mol. The van der Waals surface area contributed by atoms with Crippen LogP contribution in [0.25, 0.3) is 0 Å². The molecule has 3 nitrogen and oxygen atoms in total. The minimum Gasteiger partial charge on any atom is -0.355 e. The van der Waals surface area contributed by atoms with Crippen LogP contribution in [0.2, 0.25) is 0 Å². The van der Waals surface area contributed by atoms with Gasteiger partial charge in [0.05, 0.1) is 5.25 Å². The zero-order chi connectivity index (χ0) is 15.1. The summed E-state index contributed by atoms with van der Waals surface area (Å²) >= 11 is 5.02. The van der Waals surface area contributed by atoms with Gasteiger partial charge in [-0.15, -0.1) is 11.8 Å². The molecule has 1 amide bonds. The van der Waals surface area contributed by atoms with Crippen LogP contribution in [-0.2, 0) is 4.79 Å². The van der Waals surface area contributed by atoms with Gasteiger partial charge in [-0.3, -0.25) is 4.79 Å². The predicted octanol–water partition coefficient (Wildman–Crippen LogP) is 3.44. The van der Waals surface area contributed by atoms with Crippen molar-refractivity contribution in [2.75, 3.05) is 19.6 Å². The molecule has 2 N–H and O–H groups in total. The molecule has 0 saturated carbocycles. The maximum atomic E-state index is 12.1. The van der Waals surface area contributed by atoms with Gasteiger partial charge in [-0.2, -0.15) is 0 Å². The Morgan fingerprint density at radius 2 is 2.24 bits per heavy atom. The molecule has 1 heterocycles. The van der Waals surface area contributed by atoms with Gasteiger partial charge in [0.15, 0.2) is 0 Å². The van der Waals surface area contributed by atoms with Gasteiger partial charge in [-0.25, -0.2) is 0 Å². The number of thioether (sulfide) groups is 1. The Labute approximate surface area is 139 Å². The summed E-state index contributed by atoms with van der Waals surface area (Å²) in [5.74, 6) is 0.847. The van der Waals surface area contributed by atoms with Gasteiger partial charge in [0.25, 0.3) is 0 Å². The molecular formula is C16H23BrN2OS. The first-order valence-electron chi connectivity index (χ1n) is 7.56. The van der Waals surface area contributed by atoms with Gasteiger partial charge in [0, 0.05) is 15.9 Å². The van der Waals surface area contributed by atoms with Gasteiger partial charge in [-0.1, -0.05) is 15.9 Å². The monoisotopic (exact) mass is 370 g/mol. The van der Waals surface area contributed by atoms with Crippen LogP contribution in [0.3, 0.4) is 0 Å². The molecule has 1 aromatic carbocycles. The molecule has 1 fully saturated rings. The van der Waals surface area contributed by atoms with Crippen LogP contribution in [0.15, 0.2) is 33.6 Å². The Bertz CT molecular complexity index is 446. The topological polar surface area (TPSA) is 41.1 Å². The largest absolute Gasteiger partial charge is 0.355 e. The fourth-order valence-electron chi connectivity index (χ4n) is 2.48. The van der Waals surface area contributed by atoms with Gasteiger partial charge in [-0.05, 0) is 69.5 Å². The lowest BCUT2D eigenvalue weighted by atomic mass is 9.96. The quantitative estimate of drug-likeness (QED) is 0.753. The summed E-state index contributed by atoms with van der Waals surface area (Å²) in [6.07, 6.45) is 3.62. The molecule has 0 bridgehead atoms. The molecule has 21 heavy (non-hydrogen) atoms. The molecule has 1 aromatic rings. The van der Waals surface area contributed by atoms with Crippen LogP contribution in [0, 0.1) is 5.92 Å². The summed E-state index contributed by atoms with van der Waals surface area (Å²) in [5.41, 5.74) is 0. The molecule has 1 aliphatic heterocycles. The second kappa shape index (κ2) is 8.81. The van der Waals surface area contributed by atoms with Crippen molar-refractivity contribution in [2.45, 2.75) is 36.3 Å². The number of nitrogens with one attached hydrogen (secondary N) is 2. The maximum absolute atomic E-state index is 12.1. The van der Waals surface area contributed by atoms with Crippen molar-refractivity contribution in [3.05, 3.63) is 28.7 Å². The number of carbonyl (C=O) groups excluding carboxylic acids is 1. The highest BCUT2D eigenvalue weighted by atomic mass is 79.9. The number of benzene rings is 1. The number of hydrogen-bond donors (Lipinski definition) is 2. The van der Waals surface area contributed by atoms with Crippen LogP contribution in [0.4, 0.5) is 0 Å². The third kappa shape index (κ3) is 6.01. The molecule has 2 rings (SSSR count). The number of carbonyl (C=O) groups is 1. The first kappa shape index (κ1) is 16.8. The average Bonchev–Trinajstić information content (AvgIpc) is 2.50. The maximum Gasteiger partial charge on any atom is 0.233 e. The van der Waals surface area contributed by atoms with Crippen LogP contribution in [0.5, 0.6) is 0 Å². The van der Waals surface area contributed by atoms with E-state index < -0.39 is 0 Å². The standard InChI is InChI=1S/C16H23BrN2OS/c1-12(21-15-6-4-14(17)5-7-15)16(20)19-10-8-13-3-2-9-18-11-13/h4-7,12-13,18H,2-3,8-11H2,1H3,(H,19,20). The zero-order valence-electron chi connectivity index (χ0n) is 12.4. The average molecular weight is 371 g/mol. The Morgan fingerprint density at radius 3 is 2.90 bits per heavy atom. The summed E-state index contributed by atoms with van der Waals surface area (Å²) in [4.78, 5) is 13.2. The Kier molecular flexibility index (Phi) is 7.07. The molecule has 0 aliphatic carbocycles. The lowest BCUT2D eigenvalue weighted by Gasteiger charge is -2.23. The molecule has 2 atom stereocenters. The van der Waals surface area contributed by atoms with Crippen LogP contribution in [-0.4, -0.2) is 30.8 Å². The number of halogens is 1. The lowest BCUT2D eigenvalue weighted by molar-refractivity contribution is -0.120. The third-order valence-corrected chi connectivity index (χ3v) is 5.39. The number of hydrogen-bond acceptors (Lipinski definition) is 3. The molecule has 5 heteroatoms. The van der Waals surface area contributed by atoms with Crippen molar-refractivity contribution in [3.8, 4) is 0 Å². The van der Waals surface area contributed by atoms with Gasteiger partial charge in [0.1, 0.15) is 0 Å². The summed E-state index contributed by atoms with van der Waals surface area (Å²) < 4.78 is 1.06. The SMILES string of the molecule is CC(Sc1ccc(Br)cc1)C(=O)NCCC1CCCNC1. The highest BCUT2D eigenvalue weighted by molar-refractivity contribution is 9.10. The van der Waals surface area contributed by atoms with Crippen LogP contribution >= 0.6 is 27.7 Å². The van der Waals surface area contributed by atoms with E-state index >= 15 is 0 Å². The Morgan fingerprint density at radius 1 is 1.48 bits per heavy atom. The summed E-state index contributed by atoms with van der Waals surface area (Å²) in [6.45, 7) is 4.99. The summed E-state index contributed by atoms with van der Waals surface area (Å²) in [6, 6.07) is 8.07. The third-order valence-electron chi connectivity index (χ3n) is 3.75. The molecule has 0 radical (unpaired) electrons. The van der Waals surface area contributed by atoms with Crippen LogP contribution in [0.1, 0.15) is 26.2 Å². The zero-order valence-corrected chi connectivity index (χ0v) is 14.8. The van der Waals surface area contributed by atoms with E-state index in [1.807, 2.05) is 31.2 Å². The van der Waals surface area contributed by atoms with E-state index in [9.17, 15) is 4.79 Å². The van der Waals surface area contributed by atoms with Crippen molar-refractivity contribution in [2.24, 2.45) is 5.92 Å². The van der Waals surface area contributed by atoms with Crippen molar-refractivity contribution in [1.29, 1.82) is 0 Å². The molecule has 1 aliphatic rings. The number of piperidine rings is 1. The summed E-state index contributed by atoms with van der Waals surface area (Å²) in [5, 5.41) is 6.42. The fraction of sp³-hybridized carbons (Fsp3) is 0.562. The minimum absolute atomic E-state index is 0.0596. The minimum atomic E-state index is -0.0596. The number of amides is 1. The molecule has 1 saturated heterocycles. The second-order valence-corrected chi connectivity index (χ2v) is 7.84. The normalized spacial score (nSPS) is 20.0. The van der Waals surface area contributed by atoms with Crippen molar-refractivity contribution in [3.63, 3.8) is 0 Å². The summed E-state index contributed by atoms with van der Waals surface area (Å²) in [7, 11) is 0. The van der Waals surface area contributed by atoms with Crippen molar-refractivity contribution >= 4 is 33.6 Å². The van der Waals surface area contributed by atoms with Gasteiger partial charge in [0.2, 0.25) is 5.91 Å². The van der Waals surface area contributed by atoms with Crippen molar-refractivity contribution < 1.29 is 4.79 Å². The van der Waals surface area contributed by atoms with E-state index in [1.165, 1.54) is 12.8 Å². The van der Waals surface area contributed by atoms with E-state index in [0.29, 0.717) is 5.92 Å². The van der Waals surface area contributed by atoms with E-state index in [2.05, 4.69) is 26.6 Å². The first-order valence-corrected chi connectivity index (χ1v) is 9.23. The van der Waals surface area contributed by atoms with Gasteiger partial charge < -0.3 is 10.6 Å². The molecule has 0 spiro atoms. The van der Waals surface area contributed by atoms with E-state index in [-0.39, 0.29) is 11.2 Å². The molecule has 2 unspecified atom stereocenters. The fourth-order valence-corrected chi connectivity index (χ4v) is 3.64. The highest BCUT2D eigenvalue weighted by Gasteiger charge is 2.16. The molecule has 0 aromatic heterocycles. The second-order valence-electron chi connectivity index (χ2n) is 5.51. The smallest absolute Gasteiger partial charge is 0.233 e. The van der Waals surface area contributed by atoms with Gasteiger partial charge >= 0.3 is 0 Å². The van der Waals surface area contributed by atoms with E-state index in [1.54, 1.807) is 11.8 Å². The number of rotatable bonds is 6. The Balaban J connectivity index is 1.68. The van der Waals surface area contributed by atoms with Crippen molar-refractivity contribution in [1.82, 2.24) is 10.6 Å². The Hall–Kier alpha value is -0.520. The predicted molar refractivity (Wildman–Crippen MR) is 92.7 cm³/mol.